The SMILES string of the molecule is CN(C(=O)OCCCCOC/C=C/B1OC(C)(C)C(C)(C)O1)C(C)(C)C. The van der Waals surface area contributed by atoms with Crippen molar-refractivity contribution in [2.24, 2.45) is 0 Å². The fourth-order valence-corrected chi connectivity index (χ4v) is 2.12. The molecule has 0 aromatic carbocycles. The first kappa shape index (κ1) is 23.0. The molecule has 0 atom stereocenters. The van der Waals surface area contributed by atoms with Gasteiger partial charge in [-0.3, -0.25) is 0 Å². The van der Waals surface area contributed by atoms with Gasteiger partial charge in [0.2, 0.25) is 0 Å². The second-order valence-electron chi connectivity index (χ2n) is 8.68. The number of nitrogens with zero attached hydrogens (tertiary/aromatic N) is 1. The van der Waals surface area contributed by atoms with Crippen LogP contribution in [0, 0.1) is 0 Å². The van der Waals surface area contributed by atoms with Crippen LogP contribution in [0.25, 0.3) is 0 Å². The minimum Gasteiger partial charge on any atom is -0.449 e. The highest BCUT2D eigenvalue weighted by atomic mass is 16.7. The van der Waals surface area contributed by atoms with E-state index in [2.05, 4.69) is 0 Å². The smallest absolute Gasteiger partial charge is 0.449 e. The molecule has 150 valence electrons. The molecule has 1 saturated heterocycles. The normalized spacial score (nSPS) is 19.2. The number of carbonyl (C=O) groups is 1. The van der Waals surface area contributed by atoms with Gasteiger partial charge < -0.3 is 23.7 Å². The molecule has 1 aliphatic rings. The van der Waals surface area contributed by atoms with Gasteiger partial charge in [-0.15, -0.1) is 0 Å². The van der Waals surface area contributed by atoms with Crippen LogP contribution in [0.15, 0.2) is 12.1 Å². The van der Waals surface area contributed by atoms with E-state index in [9.17, 15) is 4.79 Å². The summed E-state index contributed by atoms with van der Waals surface area (Å²) in [5.41, 5.74) is -0.869. The van der Waals surface area contributed by atoms with Crippen molar-refractivity contribution in [1.29, 1.82) is 0 Å². The lowest BCUT2D eigenvalue weighted by atomic mass is 9.90. The van der Waals surface area contributed by atoms with Gasteiger partial charge in [-0.05, 0) is 61.3 Å². The second-order valence-corrected chi connectivity index (χ2v) is 8.68. The van der Waals surface area contributed by atoms with Gasteiger partial charge in [0.25, 0.3) is 0 Å². The Morgan fingerprint density at radius 3 is 2.15 bits per heavy atom. The van der Waals surface area contributed by atoms with Crippen LogP contribution in [0.5, 0.6) is 0 Å². The molecule has 7 heteroatoms. The molecule has 0 radical (unpaired) electrons. The maximum atomic E-state index is 11.8. The summed E-state index contributed by atoms with van der Waals surface area (Å²) in [5.74, 6) is 1.89. The summed E-state index contributed by atoms with van der Waals surface area (Å²) < 4.78 is 22.6. The lowest BCUT2D eigenvalue weighted by molar-refractivity contribution is 0.00578. The van der Waals surface area contributed by atoms with Gasteiger partial charge in [0.15, 0.2) is 0 Å². The summed E-state index contributed by atoms with van der Waals surface area (Å²) in [6.45, 7) is 15.6. The van der Waals surface area contributed by atoms with E-state index < -0.39 is 0 Å². The summed E-state index contributed by atoms with van der Waals surface area (Å²) in [5, 5.41) is 0. The predicted molar refractivity (Wildman–Crippen MR) is 104 cm³/mol. The Balaban J connectivity index is 2.08. The zero-order chi connectivity index (χ0) is 20.0. The van der Waals surface area contributed by atoms with E-state index in [4.69, 9.17) is 18.8 Å². The number of rotatable bonds is 8. The van der Waals surface area contributed by atoms with Crippen LogP contribution in [0.3, 0.4) is 0 Å². The average molecular weight is 369 g/mol. The fourth-order valence-electron chi connectivity index (χ4n) is 2.12. The standard InChI is InChI=1S/C19H36BNO5/c1-17(2,3)21(8)16(22)24-15-10-9-13-23-14-11-12-20-25-18(4,5)19(6,7)26-20/h11-12H,9-10,13-15H2,1-8H3/b12-11+. The fraction of sp³-hybridized carbons (Fsp3) is 0.842. The molecule has 0 unspecified atom stereocenters. The summed E-state index contributed by atoms with van der Waals surface area (Å²) in [4.78, 5) is 13.4. The summed E-state index contributed by atoms with van der Waals surface area (Å²) in [6, 6.07) is 0. The molecule has 0 N–H and O–H groups in total. The molecule has 0 spiro atoms. The Hall–Kier alpha value is -1.05. The highest BCUT2D eigenvalue weighted by Gasteiger charge is 2.49. The van der Waals surface area contributed by atoms with E-state index in [0.29, 0.717) is 19.8 Å². The molecule has 26 heavy (non-hydrogen) atoms. The van der Waals surface area contributed by atoms with Crippen molar-refractivity contribution in [3.8, 4) is 0 Å². The van der Waals surface area contributed by atoms with Crippen molar-refractivity contribution < 1.29 is 23.6 Å². The van der Waals surface area contributed by atoms with Crippen molar-refractivity contribution in [2.45, 2.75) is 78.0 Å². The Labute approximate surface area is 159 Å². The van der Waals surface area contributed by atoms with Crippen molar-refractivity contribution in [2.75, 3.05) is 26.9 Å². The van der Waals surface area contributed by atoms with Crippen LogP contribution in [-0.4, -0.2) is 61.7 Å². The van der Waals surface area contributed by atoms with Gasteiger partial charge in [0.1, 0.15) is 0 Å². The third-order valence-corrected chi connectivity index (χ3v) is 4.97. The summed E-state index contributed by atoms with van der Waals surface area (Å²) in [7, 11) is 1.42. The zero-order valence-electron chi connectivity index (χ0n) is 17.8. The van der Waals surface area contributed by atoms with Crippen LogP contribution in [0.2, 0.25) is 0 Å². The molecule has 1 amide bonds. The van der Waals surface area contributed by atoms with Gasteiger partial charge in [-0.1, -0.05) is 12.1 Å². The minimum absolute atomic E-state index is 0.232. The Kier molecular flexibility index (Phi) is 8.17. The largest absolute Gasteiger partial charge is 0.486 e. The first-order chi connectivity index (χ1) is 11.9. The number of carbonyl (C=O) groups excluding carboxylic acids is 1. The molecule has 1 heterocycles. The molecular weight excluding hydrogens is 333 g/mol. The molecular formula is C19H36BNO5. The van der Waals surface area contributed by atoms with Crippen molar-refractivity contribution in [3.63, 3.8) is 0 Å². The van der Waals surface area contributed by atoms with E-state index in [0.717, 1.165) is 12.8 Å². The van der Waals surface area contributed by atoms with E-state index >= 15 is 0 Å². The van der Waals surface area contributed by atoms with E-state index in [1.54, 1.807) is 11.9 Å². The van der Waals surface area contributed by atoms with Gasteiger partial charge in [0.05, 0.1) is 24.4 Å². The number of unbranched alkanes of at least 4 members (excludes halogenated alkanes) is 1. The molecule has 0 aromatic rings. The maximum Gasteiger partial charge on any atom is 0.486 e. The van der Waals surface area contributed by atoms with Crippen molar-refractivity contribution >= 4 is 13.2 Å². The first-order valence-corrected chi connectivity index (χ1v) is 9.37. The molecule has 6 nitrogen and oxygen atoms in total. The van der Waals surface area contributed by atoms with Crippen molar-refractivity contribution in [3.05, 3.63) is 12.1 Å². The molecule has 1 fully saturated rings. The van der Waals surface area contributed by atoms with E-state index in [-0.39, 0.29) is 30.0 Å². The van der Waals surface area contributed by atoms with E-state index in [1.807, 2.05) is 60.5 Å². The predicted octanol–water partition coefficient (Wildman–Crippen LogP) is 3.84. The van der Waals surface area contributed by atoms with Gasteiger partial charge >= 0.3 is 13.2 Å². The van der Waals surface area contributed by atoms with Gasteiger partial charge in [-0.2, -0.15) is 0 Å². The van der Waals surface area contributed by atoms with Gasteiger partial charge in [0, 0.05) is 19.2 Å². The van der Waals surface area contributed by atoms with Crippen LogP contribution in [-0.2, 0) is 18.8 Å². The Morgan fingerprint density at radius 1 is 1.08 bits per heavy atom. The first-order valence-electron chi connectivity index (χ1n) is 9.37. The third kappa shape index (κ3) is 6.93. The van der Waals surface area contributed by atoms with Crippen LogP contribution >= 0.6 is 0 Å². The van der Waals surface area contributed by atoms with Crippen molar-refractivity contribution in [1.82, 2.24) is 4.90 Å². The molecule has 0 bridgehead atoms. The lowest BCUT2D eigenvalue weighted by Gasteiger charge is -2.32. The van der Waals surface area contributed by atoms with Crippen LogP contribution in [0.1, 0.15) is 61.3 Å². The monoisotopic (exact) mass is 369 g/mol. The maximum absolute atomic E-state index is 11.8. The summed E-state index contributed by atoms with van der Waals surface area (Å²) >= 11 is 0. The average Bonchev–Trinajstić information content (AvgIpc) is 2.71. The molecule has 0 aliphatic carbocycles. The number of hydrogen-bond acceptors (Lipinski definition) is 5. The second kappa shape index (κ2) is 9.24. The quantitative estimate of drug-likeness (QED) is 0.481. The topological polar surface area (TPSA) is 57.2 Å². The molecule has 0 saturated carbocycles. The summed E-state index contributed by atoms with van der Waals surface area (Å²) in [6.07, 6.45) is 3.26. The third-order valence-electron chi connectivity index (χ3n) is 4.97. The molecule has 0 aromatic heterocycles. The van der Waals surface area contributed by atoms with Gasteiger partial charge in [-0.25, -0.2) is 4.79 Å². The Morgan fingerprint density at radius 2 is 1.62 bits per heavy atom. The number of ether oxygens (including phenoxy) is 2. The highest BCUT2D eigenvalue weighted by Crippen LogP contribution is 2.36. The van der Waals surface area contributed by atoms with E-state index in [1.165, 1.54) is 0 Å². The lowest BCUT2D eigenvalue weighted by Crippen LogP contribution is -2.42. The minimum atomic E-state index is -0.331. The van der Waals surface area contributed by atoms with Crippen LogP contribution < -0.4 is 0 Å². The molecule has 1 aliphatic heterocycles. The number of amides is 1. The zero-order valence-corrected chi connectivity index (χ0v) is 17.8. The number of hydrogen-bond donors (Lipinski definition) is 0. The Bertz CT molecular complexity index is 469. The highest BCUT2D eigenvalue weighted by molar-refractivity contribution is 6.51. The molecule has 1 rings (SSSR count). The van der Waals surface area contributed by atoms with Crippen LogP contribution in [0.4, 0.5) is 4.79 Å².